The molecule has 0 aromatic carbocycles. The minimum atomic E-state index is -1.55. The number of likely N-dealkylation sites (tertiary alicyclic amines) is 1. The zero-order valence-corrected chi connectivity index (χ0v) is 17.0. The van der Waals surface area contributed by atoms with Gasteiger partial charge in [-0.3, -0.25) is 9.59 Å². The van der Waals surface area contributed by atoms with E-state index in [0.29, 0.717) is 25.8 Å². The molecule has 0 aromatic rings. The van der Waals surface area contributed by atoms with Gasteiger partial charge in [-0.25, -0.2) is 0 Å². The number of carbonyl (C=O) groups excluding carboxylic acids is 4. The highest BCUT2D eigenvalue weighted by atomic mass is 16.4. The first-order valence-electron chi connectivity index (χ1n) is 10.5. The Bertz CT molecular complexity index is 578. The number of hydrogen-bond donors (Lipinski definition) is 1. The highest BCUT2D eigenvalue weighted by Crippen LogP contribution is 2.20. The maximum absolute atomic E-state index is 12.5. The first-order valence-corrected chi connectivity index (χ1v) is 10.5. The van der Waals surface area contributed by atoms with Crippen molar-refractivity contribution in [2.75, 3.05) is 6.54 Å². The summed E-state index contributed by atoms with van der Waals surface area (Å²) in [6.07, 6.45) is 9.85. The van der Waals surface area contributed by atoms with Crippen molar-refractivity contribution in [2.45, 2.75) is 89.1 Å². The molecule has 0 spiro atoms. The summed E-state index contributed by atoms with van der Waals surface area (Å²) in [6.45, 7) is 4.16. The van der Waals surface area contributed by atoms with Crippen LogP contribution in [0.1, 0.15) is 77.0 Å². The Morgan fingerprint density at radius 1 is 1.03 bits per heavy atom. The van der Waals surface area contributed by atoms with Crippen LogP contribution in [0.15, 0.2) is 12.7 Å². The van der Waals surface area contributed by atoms with Crippen LogP contribution in [0.4, 0.5) is 0 Å². The van der Waals surface area contributed by atoms with Crippen LogP contribution in [-0.4, -0.2) is 47.3 Å². The van der Waals surface area contributed by atoms with Gasteiger partial charge < -0.3 is 30.0 Å². The maximum Gasteiger partial charge on any atom is 0.243 e. The Balaban J connectivity index is 2.40. The largest absolute Gasteiger partial charge is 0.550 e. The van der Waals surface area contributed by atoms with Crippen molar-refractivity contribution in [2.24, 2.45) is 0 Å². The molecule has 0 saturated carbocycles. The lowest BCUT2D eigenvalue weighted by Crippen LogP contribution is -2.54. The second-order valence-corrected chi connectivity index (χ2v) is 7.48. The van der Waals surface area contributed by atoms with Gasteiger partial charge in [0.15, 0.2) is 0 Å². The fourth-order valence-electron chi connectivity index (χ4n) is 3.53. The molecule has 8 heteroatoms. The number of carboxylic acids is 2. The molecular formula is C21H32N2O6-2. The Morgan fingerprint density at radius 3 is 2.31 bits per heavy atom. The van der Waals surface area contributed by atoms with Crippen molar-refractivity contribution < 1.29 is 29.4 Å². The van der Waals surface area contributed by atoms with Gasteiger partial charge in [-0.1, -0.05) is 31.8 Å². The summed E-state index contributed by atoms with van der Waals surface area (Å²) in [7, 11) is 0. The highest BCUT2D eigenvalue weighted by Gasteiger charge is 2.34. The van der Waals surface area contributed by atoms with E-state index in [4.69, 9.17) is 0 Å². The number of nitrogens with zero attached hydrogens (tertiary/aromatic N) is 1. The SMILES string of the molecule is C=CCCCCCCCCC(=O)N1CCC[C@H]1C(=O)N[C@@H](CCC(=O)[O-])C(=O)[O-]. The van der Waals surface area contributed by atoms with Crippen molar-refractivity contribution in [3.8, 4) is 0 Å². The van der Waals surface area contributed by atoms with E-state index in [2.05, 4.69) is 11.9 Å². The fourth-order valence-corrected chi connectivity index (χ4v) is 3.53. The van der Waals surface area contributed by atoms with Crippen LogP contribution in [0.5, 0.6) is 0 Å². The minimum absolute atomic E-state index is 0.103. The van der Waals surface area contributed by atoms with E-state index < -0.39 is 36.4 Å². The third-order valence-corrected chi connectivity index (χ3v) is 5.16. The molecule has 29 heavy (non-hydrogen) atoms. The van der Waals surface area contributed by atoms with E-state index in [-0.39, 0.29) is 12.3 Å². The third kappa shape index (κ3) is 9.58. The summed E-state index contributed by atoms with van der Waals surface area (Å²) in [6, 6.07) is -2.13. The van der Waals surface area contributed by atoms with Crippen LogP contribution >= 0.6 is 0 Å². The summed E-state index contributed by atoms with van der Waals surface area (Å²) < 4.78 is 0. The van der Waals surface area contributed by atoms with Gasteiger partial charge in [-0.05, 0) is 44.9 Å². The van der Waals surface area contributed by atoms with Crippen molar-refractivity contribution in [1.82, 2.24) is 10.2 Å². The normalized spacial score (nSPS) is 17.0. The Morgan fingerprint density at radius 2 is 1.69 bits per heavy atom. The van der Waals surface area contributed by atoms with Gasteiger partial charge in [0.2, 0.25) is 11.8 Å². The van der Waals surface area contributed by atoms with Gasteiger partial charge in [0.05, 0.1) is 12.0 Å². The molecule has 0 unspecified atom stereocenters. The highest BCUT2D eigenvalue weighted by molar-refractivity contribution is 5.90. The predicted octanol–water partition coefficient (Wildman–Crippen LogP) is 0.0490. The zero-order valence-electron chi connectivity index (χ0n) is 17.0. The number of unbranched alkanes of at least 4 members (excludes halogenated alkanes) is 6. The molecule has 1 heterocycles. The summed E-state index contributed by atoms with van der Waals surface area (Å²) in [5.41, 5.74) is 0. The summed E-state index contributed by atoms with van der Waals surface area (Å²) in [4.78, 5) is 48.1. The summed E-state index contributed by atoms with van der Waals surface area (Å²) in [5.74, 6) is -3.63. The van der Waals surface area contributed by atoms with E-state index in [1.165, 1.54) is 4.90 Å². The minimum Gasteiger partial charge on any atom is -0.550 e. The van der Waals surface area contributed by atoms with Crippen LogP contribution in [0.2, 0.25) is 0 Å². The first-order chi connectivity index (χ1) is 13.9. The Labute approximate surface area is 172 Å². The van der Waals surface area contributed by atoms with Crippen molar-refractivity contribution in [1.29, 1.82) is 0 Å². The van der Waals surface area contributed by atoms with Gasteiger partial charge in [0.1, 0.15) is 6.04 Å². The number of aliphatic carboxylic acids is 2. The number of amides is 2. The average molecular weight is 408 g/mol. The molecule has 0 radical (unpaired) electrons. The van der Waals surface area contributed by atoms with Gasteiger partial charge in [-0.15, -0.1) is 6.58 Å². The van der Waals surface area contributed by atoms with Crippen molar-refractivity contribution in [3.05, 3.63) is 12.7 Å². The molecule has 0 aromatic heterocycles. The van der Waals surface area contributed by atoms with Gasteiger partial charge in [0, 0.05) is 18.9 Å². The molecule has 2 atom stereocenters. The molecule has 1 N–H and O–H groups in total. The van der Waals surface area contributed by atoms with E-state index in [9.17, 15) is 29.4 Å². The summed E-state index contributed by atoms with van der Waals surface area (Å²) in [5, 5.41) is 24.0. The van der Waals surface area contributed by atoms with E-state index in [1.807, 2.05) is 6.08 Å². The molecule has 1 rings (SSSR count). The van der Waals surface area contributed by atoms with Gasteiger partial charge >= 0.3 is 0 Å². The number of carboxylic acid groups (broad SMARTS) is 2. The molecule has 1 fully saturated rings. The van der Waals surface area contributed by atoms with Crippen LogP contribution in [0.25, 0.3) is 0 Å². The Hall–Kier alpha value is -2.38. The molecule has 0 bridgehead atoms. The first kappa shape index (κ1) is 24.7. The number of hydrogen-bond acceptors (Lipinski definition) is 6. The molecule has 8 nitrogen and oxygen atoms in total. The number of nitrogens with one attached hydrogen (secondary N) is 1. The fraction of sp³-hybridized carbons (Fsp3) is 0.714. The van der Waals surface area contributed by atoms with E-state index in [0.717, 1.165) is 44.9 Å². The number of allylic oxidation sites excluding steroid dienone is 1. The van der Waals surface area contributed by atoms with Crippen molar-refractivity contribution >= 4 is 23.8 Å². The maximum atomic E-state index is 12.5. The van der Waals surface area contributed by atoms with Crippen molar-refractivity contribution in [3.63, 3.8) is 0 Å². The van der Waals surface area contributed by atoms with E-state index >= 15 is 0 Å². The number of rotatable bonds is 15. The van der Waals surface area contributed by atoms with Gasteiger partial charge in [0.25, 0.3) is 0 Å². The standard InChI is InChI=1S/C21H34N2O6/c1-2-3-4-5-6-7-8-9-12-18(24)23-15-10-11-17(23)20(27)22-16(21(28)29)13-14-19(25)26/h2,16-17H,1,3-15H2,(H,22,27)(H,25,26)(H,28,29)/p-2/t16-,17-/m0/s1. The molecule has 2 amide bonds. The Kier molecular flexibility index (Phi) is 11.7. The van der Waals surface area contributed by atoms with Crippen LogP contribution in [0, 0.1) is 0 Å². The smallest absolute Gasteiger partial charge is 0.243 e. The predicted molar refractivity (Wildman–Crippen MR) is 103 cm³/mol. The van der Waals surface area contributed by atoms with E-state index in [1.54, 1.807) is 0 Å². The number of carbonyl (C=O) groups is 4. The molecule has 1 aliphatic rings. The molecular weight excluding hydrogens is 376 g/mol. The van der Waals surface area contributed by atoms with Gasteiger partial charge in [-0.2, -0.15) is 0 Å². The second-order valence-electron chi connectivity index (χ2n) is 7.48. The second kappa shape index (κ2) is 13.7. The lowest BCUT2D eigenvalue weighted by Gasteiger charge is -2.27. The topological polar surface area (TPSA) is 130 Å². The molecule has 1 saturated heterocycles. The third-order valence-electron chi connectivity index (χ3n) is 5.16. The average Bonchev–Trinajstić information content (AvgIpc) is 3.16. The molecule has 1 aliphatic heterocycles. The quantitative estimate of drug-likeness (QED) is 0.301. The van der Waals surface area contributed by atoms with Crippen LogP contribution < -0.4 is 15.5 Å². The molecule has 164 valence electrons. The summed E-state index contributed by atoms with van der Waals surface area (Å²) >= 11 is 0. The van der Waals surface area contributed by atoms with Crippen LogP contribution in [0.3, 0.4) is 0 Å². The zero-order chi connectivity index (χ0) is 21.6. The lowest BCUT2D eigenvalue weighted by molar-refractivity contribution is -0.310. The molecule has 0 aliphatic carbocycles. The lowest BCUT2D eigenvalue weighted by atomic mass is 10.1. The monoisotopic (exact) mass is 408 g/mol. The van der Waals surface area contributed by atoms with Crippen LogP contribution in [-0.2, 0) is 19.2 Å².